The molecule has 0 N–H and O–H groups in total. The lowest BCUT2D eigenvalue weighted by Gasteiger charge is -2.12. The molecule has 0 aromatic carbocycles. The van der Waals surface area contributed by atoms with E-state index in [1.807, 2.05) is 90.3 Å². The molecule has 262 valence electrons. The topological polar surface area (TPSA) is 105 Å². The Morgan fingerprint density at radius 1 is 0.535 bits per heavy atom. The number of hydrogen-bond acceptors (Lipinski definition) is 11. The fraction of sp³-hybridized carbons (Fsp3) is 0.844. The van der Waals surface area contributed by atoms with Gasteiger partial charge in [0, 0.05) is 45.7 Å². The van der Waals surface area contributed by atoms with Gasteiger partial charge >= 0.3 is 0 Å². The van der Waals surface area contributed by atoms with E-state index in [1.165, 1.54) is 14.2 Å². The number of oxime groups is 3. The van der Waals surface area contributed by atoms with Crippen LogP contribution >= 0.6 is 0 Å². The predicted molar refractivity (Wildman–Crippen MR) is 195 cm³/mol. The van der Waals surface area contributed by atoms with Crippen LogP contribution in [-0.2, 0) is 19.2 Å². The largest absolute Gasteiger partial charge is 0.399 e. The van der Waals surface area contributed by atoms with Crippen LogP contribution in [0.25, 0.3) is 0 Å². The fourth-order valence-electron chi connectivity index (χ4n) is 1.01. The second-order valence-corrected chi connectivity index (χ2v) is 10.9. The highest BCUT2D eigenvalue weighted by Gasteiger charge is 1.95. The van der Waals surface area contributed by atoms with Crippen LogP contribution in [0.2, 0.25) is 0 Å². The summed E-state index contributed by atoms with van der Waals surface area (Å²) in [6.45, 7) is 29.9. The first-order chi connectivity index (χ1) is 19.5. The maximum absolute atomic E-state index is 4.75. The Bertz CT molecular complexity index is 660. The minimum absolute atomic E-state index is 0.384. The summed E-state index contributed by atoms with van der Waals surface area (Å²) in [4.78, 5) is 19.3. The zero-order chi connectivity index (χ0) is 36.1. The Hall–Kier alpha value is -2.53. The molecule has 0 atom stereocenters. The molecule has 0 rings (SSSR count). The second-order valence-electron chi connectivity index (χ2n) is 10.9. The molecule has 0 aromatic rings. The van der Waals surface area contributed by atoms with Crippen molar-refractivity contribution in [1.29, 1.82) is 0 Å². The molecule has 0 fully saturated rings. The van der Waals surface area contributed by atoms with Gasteiger partial charge in [-0.3, -0.25) is 4.99 Å². The highest BCUT2D eigenvalue weighted by atomic mass is 16.6. The van der Waals surface area contributed by atoms with E-state index < -0.39 is 0 Å². The van der Waals surface area contributed by atoms with Crippen LogP contribution < -0.4 is 0 Å². The third-order valence-electron chi connectivity index (χ3n) is 3.97. The number of rotatable bonds is 7. The maximum Gasteiger partial charge on any atom is 0.106 e. The minimum atomic E-state index is 0.384. The molecule has 0 bridgehead atoms. The predicted octanol–water partition coefficient (Wildman–Crippen LogP) is 7.76. The SMILES string of the molecule is CC(C)=NN(C)C.CC(C)N(C)C.CN=C(C)C.CO/N=C(/C)C(C)C.COC(C)C.CON=C(C)C.CON=C(C)C. The third-order valence-corrected chi connectivity index (χ3v) is 3.97. The molecule has 0 radical (unpaired) electrons. The molecule has 0 saturated carbocycles. The molecular formula is C32H75N7O4. The van der Waals surface area contributed by atoms with Crippen molar-refractivity contribution in [2.45, 2.75) is 116 Å². The van der Waals surface area contributed by atoms with Gasteiger partial charge < -0.3 is 29.2 Å². The quantitative estimate of drug-likeness (QED) is 0.212. The van der Waals surface area contributed by atoms with E-state index in [4.69, 9.17) is 4.74 Å². The van der Waals surface area contributed by atoms with Gasteiger partial charge in [0.05, 0.1) is 23.2 Å². The van der Waals surface area contributed by atoms with E-state index in [-0.39, 0.29) is 0 Å². The average Bonchev–Trinajstić information content (AvgIpc) is 2.85. The number of nitrogens with zero attached hydrogens (tertiary/aromatic N) is 7. The third kappa shape index (κ3) is 110. The van der Waals surface area contributed by atoms with Crippen molar-refractivity contribution in [1.82, 2.24) is 9.91 Å². The Morgan fingerprint density at radius 3 is 0.837 bits per heavy atom. The molecular weight excluding hydrogens is 546 g/mol. The number of aliphatic imine (C=N–C) groups is 1. The summed E-state index contributed by atoms with van der Waals surface area (Å²) in [6, 6.07) is 0.685. The summed E-state index contributed by atoms with van der Waals surface area (Å²) in [5, 5.41) is 16.6. The first-order valence-electron chi connectivity index (χ1n) is 14.5. The van der Waals surface area contributed by atoms with Crippen molar-refractivity contribution < 1.29 is 19.2 Å². The van der Waals surface area contributed by atoms with Gasteiger partial charge in [-0.1, -0.05) is 29.3 Å². The molecule has 11 heteroatoms. The van der Waals surface area contributed by atoms with Gasteiger partial charge in [0.15, 0.2) is 0 Å². The van der Waals surface area contributed by atoms with Crippen molar-refractivity contribution in [2.75, 3.05) is 63.7 Å². The van der Waals surface area contributed by atoms with Crippen LogP contribution in [0.4, 0.5) is 0 Å². The van der Waals surface area contributed by atoms with E-state index in [1.54, 1.807) is 26.3 Å². The summed E-state index contributed by atoms with van der Waals surface area (Å²) in [5.74, 6) is 0.495. The summed E-state index contributed by atoms with van der Waals surface area (Å²) in [6.07, 6.45) is 0.384. The van der Waals surface area contributed by atoms with Gasteiger partial charge in [0.25, 0.3) is 0 Å². The summed E-state index contributed by atoms with van der Waals surface area (Å²) in [5.41, 5.74) is 5.14. The van der Waals surface area contributed by atoms with Crippen LogP contribution in [0.15, 0.2) is 25.6 Å². The van der Waals surface area contributed by atoms with Crippen molar-refractivity contribution in [2.24, 2.45) is 31.5 Å². The molecule has 43 heavy (non-hydrogen) atoms. The van der Waals surface area contributed by atoms with Gasteiger partial charge in [0.1, 0.15) is 21.3 Å². The number of hydrogen-bond donors (Lipinski definition) is 0. The maximum atomic E-state index is 4.75. The van der Waals surface area contributed by atoms with Crippen LogP contribution in [0.5, 0.6) is 0 Å². The van der Waals surface area contributed by atoms with Gasteiger partial charge in [-0.15, -0.1) is 0 Å². The number of hydrazone groups is 1. The molecule has 0 aliphatic carbocycles. The molecule has 0 aliphatic heterocycles. The van der Waals surface area contributed by atoms with Crippen molar-refractivity contribution >= 4 is 28.6 Å². The van der Waals surface area contributed by atoms with Crippen molar-refractivity contribution in [3.8, 4) is 0 Å². The van der Waals surface area contributed by atoms with Gasteiger partial charge in [0.2, 0.25) is 0 Å². The molecule has 0 amide bonds. The molecule has 0 aliphatic rings. The summed E-state index contributed by atoms with van der Waals surface area (Å²) < 4.78 is 4.75. The highest BCUT2D eigenvalue weighted by Crippen LogP contribution is 1.95. The lowest BCUT2D eigenvalue weighted by molar-refractivity contribution is 0.134. The Balaban J connectivity index is -0.0000000707. The van der Waals surface area contributed by atoms with E-state index in [9.17, 15) is 0 Å². The Kier molecular flexibility index (Phi) is 57.5. The Morgan fingerprint density at radius 2 is 0.814 bits per heavy atom. The zero-order valence-electron chi connectivity index (χ0n) is 33.0. The van der Waals surface area contributed by atoms with Crippen molar-refractivity contribution in [3.63, 3.8) is 0 Å². The van der Waals surface area contributed by atoms with Crippen LogP contribution in [0.1, 0.15) is 104 Å². The van der Waals surface area contributed by atoms with Crippen molar-refractivity contribution in [3.05, 3.63) is 0 Å². The minimum Gasteiger partial charge on any atom is -0.399 e. The monoisotopic (exact) mass is 622 g/mol. The van der Waals surface area contributed by atoms with E-state index >= 15 is 0 Å². The van der Waals surface area contributed by atoms with E-state index in [0.717, 1.165) is 28.6 Å². The lowest BCUT2D eigenvalue weighted by Crippen LogP contribution is -2.20. The molecule has 0 saturated heterocycles. The number of ether oxygens (including phenoxy) is 1. The van der Waals surface area contributed by atoms with Gasteiger partial charge in [-0.25, -0.2) is 0 Å². The first-order valence-corrected chi connectivity index (χ1v) is 14.5. The van der Waals surface area contributed by atoms with Crippen LogP contribution in [0.3, 0.4) is 0 Å². The standard InChI is InChI=1S/C6H13NO.C5H12N2.C5H13N.2C4H9NO.C4H9N.C4H10O/c1-5(2)6(3)7-8-4;1-5(2)6-7(3)4;1-5(2)6(3)4;2*1-4(2)5-6-3;2*1-4(2)5-3/h5H,1-4H3;1-4H3;5H,1-4H3;2*1-3H3;1-3H3;4H,1-3H3/b7-6-;;;;;;. The lowest BCUT2D eigenvalue weighted by atomic mass is 10.1. The van der Waals surface area contributed by atoms with Gasteiger partial charge in [-0.05, 0) is 110 Å². The second kappa shape index (κ2) is 43.9. The van der Waals surface area contributed by atoms with E-state index in [0.29, 0.717) is 18.1 Å². The van der Waals surface area contributed by atoms with E-state index in [2.05, 4.69) is 86.8 Å². The number of methoxy groups -OCH3 is 1. The van der Waals surface area contributed by atoms with Crippen LogP contribution in [0, 0.1) is 5.92 Å². The fourth-order valence-corrected chi connectivity index (χ4v) is 1.01. The molecule has 0 spiro atoms. The smallest absolute Gasteiger partial charge is 0.106 e. The first kappa shape index (κ1) is 56.3. The molecule has 0 heterocycles. The normalized spacial score (nSPS) is 9.07. The molecule has 11 nitrogen and oxygen atoms in total. The molecule has 0 aromatic heterocycles. The van der Waals surface area contributed by atoms with Gasteiger partial charge in [-0.2, -0.15) is 5.10 Å². The zero-order valence-corrected chi connectivity index (χ0v) is 33.0. The summed E-state index contributed by atoms with van der Waals surface area (Å²) >= 11 is 0. The average molecular weight is 622 g/mol. The summed E-state index contributed by atoms with van der Waals surface area (Å²) in [7, 11) is 16.1. The highest BCUT2D eigenvalue weighted by molar-refractivity contribution is 5.83. The molecule has 0 unspecified atom stereocenters. The Labute approximate surface area is 268 Å². The van der Waals surface area contributed by atoms with Crippen LogP contribution in [-0.4, -0.2) is 114 Å².